The summed E-state index contributed by atoms with van der Waals surface area (Å²) >= 11 is 0. The molecule has 0 amide bonds. The molecule has 0 bridgehead atoms. The normalized spacial score (nSPS) is 12.5. The fraction of sp³-hybridized carbons (Fsp3) is 0.100. The molecule has 0 aromatic heterocycles. The van der Waals surface area contributed by atoms with Crippen LogP contribution in [0.3, 0.4) is 0 Å². The van der Waals surface area contributed by atoms with Gasteiger partial charge in [0.1, 0.15) is 0 Å². The van der Waals surface area contributed by atoms with Crippen molar-refractivity contribution in [3.8, 4) is 34.5 Å². The molecule has 52 heavy (non-hydrogen) atoms. The van der Waals surface area contributed by atoms with E-state index in [1.807, 2.05) is 202 Å². The Morgan fingerprint density at radius 1 is 0.442 bits per heavy atom. The van der Waals surface area contributed by atoms with E-state index in [9.17, 15) is 0 Å². The predicted molar refractivity (Wildman–Crippen MR) is 215 cm³/mol. The molecule has 0 saturated heterocycles. The number of hydrogen-bond donors (Lipinski definition) is 3. The van der Waals surface area contributed by atoms with Crippen LogP contribution in [0.2, 0.25) is 0 Å². The van der Waals surface area contributed by atoms with E-state index >= 15 is 0 Å². The Morgan fingerprint density at radius 3 is 1.04 bits per heavy atom. The molecule has 9 nitrogen and oxygen atoms in total. The zero-order valence-electron chi connectivity index (χ0n) is 29.3. The number of para-hydroxylation sites is 6. The second kappa shape index (κ2) is 16.8. The standard InChI is InChI=1S/C40H44N3O6P3/c1-41-52(3,48-39-30-18-8-19-31-39,49-40-32-20-9-21-33-40)34-42-51(46-37-26-14-6-15-27-37,47-38-28-16-7-17-29-38)43-50(2,44-35-22-10-4-11-23-35)45-36-24-12-5-13-25-36/h4-33,41-43H,34H2,1-3H3/q+2. The molecule has 268 valence electrons. The minimum atomic E-state index is -3.94. The Bertz CT molecular complexity index is 1830. The third kappa shape index (κ3) is 10.2. The molecule has 0 aliphatic carbocycles. The third-order valence-corrected chi connectivity index (χ3v) is 16.5. The predicted octanol–water partition coefficient (Wildman–Crippen LogP) is 10.8. The molecule has 0 aliphatic rings. The summed E-state index contributed by atoms with van der Waals surface area (Å²) in [6.07, 6.45) is 0.114. The first kappa shape index (κ1) is 37.1. The maximum absolute atomic E-state index is 6.98. The summed E-state index contributed by atoms with van der Waals surface area (Å²) in [7, 11) is -8.82. The number of hydrogen-bond acceptors (Lipinski definition) is 9. The van der Waals surface area contributed by atoms with E-state index in [2.05, 4.69) is 15.0 Å². The minimum absolute atomic E-state index is 0.114. The van der Waals surface area contributed by atoms with Crippen molar-refractivity contribution < 1.29 is 27.1 Å². The molecular formula is C40H44N3O6P3+2. The van der Waals surface area contributed by atoms with Crippen LogP contribution < -0.4 is 42.2 Å². The van der Waals surface area contributed by atoms with Crippen LogP contribution in [0.15, 0.2) is 182 Å². The van der Waals surface area contributed by atoms with Crippen molar-refractivity contribution in [2.24, 2.45) is 0 Å². The van der Waals surface area contributed by atoms with Gasteiger partial charge in [-0.05, 0) is 0 Å². The second-order valence-electron chi connectivity index (χ2n) is 12.0. The molecule has 3 N–H and O–H groups in total. The van der Waals surface area contributed by atoms with Gasteiger partial charge >= 0.3 is 308 Å². The molecule has 12 heteroatoms. The number of nitrogens with one attached hydrogen (secondary N) is 3. The molecule has 6 aromatic carbocycles. The number of rotatable bonds is 18. The van der Waals surface area contributed by atoms with Crippen LogP contribution in [0, 0.1) is 0 Å². The van der Waals surface area contributed by atoms with Gasteiger partial charge in [-0.3, -0.25) is 0 Å². The molecule has 0 saturated carbocycles. The summed E-state index contributed by atoms with van der Waals surface area (Å²) in [5.41, 5.74) is 0. The topological polar surface area (TPSA) is 91.5 Å². The first-order valence-electron chi connectivity index (χ1n) is 16.7. The summed E-state index contributed by atoms with van der Waals surface area (Å²) in [6, 6.07) is 57.3. The van der Waals surface area contributed by atoms with Crippen LogP contribution in [-0.4, -0.2) is 26.7 Å². The van der Waals surface area contributed by atoms with Gasteiger partial charge in [0, 0.05) is 0 Å². The first-order chi connectivity index (χ1) is 25.2. The third-order valence-electron chi connectivity index (χ3n) is 7.70. The van der Waals surface area contributed by atoms with E-state index in [0.29, 0.717) is 34.5 Å². The average Bonchev–Trinajstić information content (AvgIpc) is 3.16. The van der Waals surface area contributed by atoms with E-state index in [-0.39, 0.29) is 6.29 Å². The zero-order valence-corrected chi connectivity index (χ0v) is 32.0. The van der Waals surface area contributed by atoms with Crippen LogP contribution in [0.25, 0.3) is 0 Å². The van der Waals surface area contributed by atoms with Crippen LogP contribution in [0.5, 0.6) is 34.5 Å². The molecule has 0 aliphatic heterocycles. The second-order valence-corrected chi connectivity index (χ2v) is 21.0. The summed E-state index contributed by atoms with van der Waals surface area (Å²) in [5.74, 6) is 3.63. The zero-order chi connectivity index (χ0) is 36.2. The SMILES string of the molecule is CNP(C)(CN[P+](N[P+](C)(Oc1ccccc1)Oc1ccccc1)(Oc1ccccc1)Oc1ccccc1)(Oc1ccccc1)Oc1ccccc1. The van der Waals surface area contributed by atoms with E-state index in [4.69, 9.17) is 27.1 Å². The maximum atomic E-state index is 6.98. The van der Waals surface area contributed by atoms with Gasteiger partial charge in [-0.2, -0.15) is 0 Å². The Hall–Kier alpha value is -4.71. The van der Waals surface area contributed by atoms with Crippen LogP contribution in [0.1, 0.15) is 0 Å². The van der Waals surface area contributed by atoms with Crippen molar-refractivity contribution in [2.45, 2.75) is 0 Å². The van der Waals surface area contributed by atoms with Crippen LogP contribution >= 0.6 is 23.1 Å². The van der Waals surface area contributed by atoms with Crippen LogP contribution in [-0.2, 0) is 0 Å². The molecule has 0 fully saturated rings. The summed E-state index contributed by atoms with van der Waals surface area (Å²) in [5, 5.41) is 7.18. The van der Waals surface area contributed by atoms with E-state index in [1.54, 1.807) is 0 Å². The summed E-state index contributed by atoms with van der Waals surface area (Å²) in [6.45, 7) is 3.87. The van der Waals surface area contributed by atoms with E-state index in [1.165, 1.54) is 0 Å². The molecule has 0 radical (unpaired) electrons. The molecule has 6 rings (SSSR count). The first-order valence-corrected chi connectivity index (χ1v) is 23.1. The van der Waals surface area contributed by atoms with Gasteiger partial charge in [0.15, 0.2) is 0 Å². The Morgan fingerprint density at radius 2 is 0.731 bits per heavy atom. The van der Waals surface area contributed by atoms with Gasteiger partial charge in [0.05, 0.1) is 0 Å². The van der Waals surface area contributed by atoms with Crippen molar-refractivity contribution in [1.82, 2.24) is 15.0 Å². The van der Waals surface area contributed by atoms with Gasteiger partial charge in [-0.25, -0.2) is 0 Å². The Labute approximate surface area is 307 Å². The Balaban J connectivity index is 1.48. The molecular weight excluding hydrogens is 711 g/mol. The van der Waals surface area contributed by atoms with Gasteiger partial charge < -0.3 is 0 Å². The monoisotopic (exact) mass is 755 g/mol. The van der Waals surface area contributed by atoms with Crippen molar-refractivity contribution in [1.29, 1.82) is 0 Å². The van der Waals surface area contributed by atoms with E-state index < -0.39 is 23.1 Å². The summed E-state index contributed by atoms with van der Waals surface area (Å²) in [4.78, 5) is 3.68. The van der Waals surface area contributed by atoms with Gasteiger partial charge in [0.25, 0.3) is 0 Å². The molecule has 0 atom stereocenters. The molecule has 0 heterocycles. The van der Waals surface area contributed by atoms with Crippen molar-refractivity contribution in [3.63, 3.8) is 0 Å². The molecule has 0 unspecified atom stereocenters. The van der Waals surface area contributed by atoms with Gasteiger partial charge in [-0.1, -0.05) is 0 Å². The van der Waals surface area contributed by atoms with Crippen molar-refractivity contribution in [3.05, 3.63) is 182 Å². The molecule has 0 spiro atoms. The van der Waals surface area contributed by atoms with Crippen LogP contribution in [0.4, 0.5) is 0 Å². The molecule has 6 aromatic rings. The van der Waals surface area contributed by atoms with Gasteiger partial charge in [-0.15, -0.1) is 0 Å². The average molecular weight is 756 g/mol. The van der Waals surface area contributed by atoms with Crippen molar-refractivity contribution in [2.75, 3.05) is 26.7 Å². The fourth-order valence-corrected chi connectivity index (χ4v) is 14.0. The van der Waals surface area contributed by atoms with Crippen molar-refractivity contribution >= 4 is 23.1 Å². The van der Waals surface area contributed by atoms with E-state index in [0.717, 1.165) is 0 Å². The number of benzene rings is 6. The fourth-order valence-electron chi connectivity index (χ4n) is 5.11. The van der Waals surface area contributed by atoms with Gasteiger partial charge in [0.2, 0.25) is 0 Å². The Kier molecular flexibility index (Phi) is 11.9. The summed E-state index contributed by atoms with van der Waals surface area (Å²) < 4.78 is 41.3. The quantitative estimate of drug-likeness (QED) is 0.0742.